The first-order chi connectivity index (χ1) is 14.9. The van der Waals surface area contributed by atoms with Crippen LogP contribution >= 0.6 is 0 Å². The van der Waals surface area contributed by atoms with Crippen molar-refractivity contribution in [3.63, 3.8) is 0 Å². The van der Waals surface area contributed by atoms with Crippen LogP contribution in [0.1, 0.15) is 0 Å². The molecule has 0 amide bonds. The summed E-state index contributed by atoms with van der Waals surface area (Å²) in [5.74, 6) is -0.445. The Morgan fingerprint density at radius 1 is 0.613 bits per heavy atom. The van der Waals surface area contributed by atoms with Crippen LogP contribution in [-0.4, -0.2) is 31.6 Å². The number of nitrogens with zero attached hydrogens (tertiary/aromatic N) is 3. The second-order valence-electron chi connectivity index (χ2n) is 6.34. The van der Waals surface area contributed by atoms with Crippen LogP contribution in [0.4, 0.5) is 11.9 Å². The zero-order valence-electron chi connectivity index (χ0n) is 16.0. The van der Waals surface area contributed by atoms with Crippen LogP contribution in [0.25, 0.3) is 5.69 Å². The normalized spacial score (nSPS) is 11.7. The van der Waals surface area contributed by atoms with E-state index in [-0.39, 0.29) is 21.7 Å². The van der Waals surface area contributed by atoms with Gasteiger partial charge in [-0.3, -0.25) is 0 Å². The maximum atomic E-state index is 12.8. The Hall–Kier alpha value is -3.70. The van der Waals surface area contributed by atoms with Gasteiger partial charge in [0.15, 0.2) is 0 Å². The number of benzene rings is 3. The van der Waals surface area contributed by atoms with Crippen molar-refractivity contribution >= 4 is 31.9 Å². The number of aromatic nitrogens is 3. The van der Waals surface area contributed by atoms with Gasteiger partial charge < -0.3 is 0 Å². The van der Waals surface area contributed by atoms with Crippen LogP contribution in [0.15, 0.2) is 101 Å². The molecule has 158 valence electrons. The summed E-state index contributed by atoms with van der Waals surface area (Å²) >= 11 is 0. The lowest BCUT2D eigenvalue weighted by Gasteiger charge is -2.08. The molecule has 0 saturated carbocycles. The second-order valence-corrected chi connectivity index (χ2v) is 9.71. The van der Waals surface area contributed by atoms with Crippen LogP contribution in [0.2, 0.25) is 0 Å². The Morgan fingerprint density at radius 2 is 1.06 bits per heavy atom. The van der Waals surface area contributed by atoms with E-state index in [1.54, 1.807) is 66.7 Å². The molecule has 4 aromatic rings. The van der Waals surface area contributed by atoms with E-state index in [0.717, 1.165) is 0 Å². The molecule has 1 heterocycles. The molecular formula is C20H17N5O4S2. The molecule has 0 spiro atoms. The van der Waals surface area contributed by atoms with Crippen molar-refractivity contribution in [1.29, 1.82) is 0 Å². The van der Waals surface area contributed by atoms with Gasteiger partial charge in [0.1, 0.15) is 0 Å². The molecule has 0 fully saturated rings. The first kappa shape index (κ1) is 20.6. The first-order valence-corrected chi connectivity index (χ1v) is 12.0. The molecule has 31 heavy (non-hydrogen) atoms. The number of hydrogen-bond acceptors (Lipinski definition) is 6. The van der Waals surface area contributed by atoms with Gasteiger partial charge in [0.05, 0.1) is 15.5 Å². The van der Waals surface area contributed by atoms with E-state index >= 15 is 0 Å². The summed E-state index contributed by atoms with van der Waals surface area (Å²) < 4.78 is 56.7. The zero-order valence-corrected chi connectivity index (χ0v) is 17.6. The van der Waals surface area contributed by atoms with E-state index in [9.17, 15) is 16.8 Å². The van der Waals surface area contributed by atoms with E-state index < -0.39 is 20.0 Å². The van der Waals surface area contributed by atoms with Crippen LogP contribution in [0, 0.1) is 0 Å². The zero-order chi connectivity index (χ0) is 21.9. The molecule has 0 aliphatic heterocycles. The Bertz CT molecular complexity index is 1390. The lowest BCUT2D eigenvalue weighted by Crippen LogP contribution is -2.16. The fraction of sp³-hybridized carbons (Fsp3) is 0. The summed E-state index contributed by atoms with van der Waals surface area (Å²) in [6.45, 7) is 0. The Balaban J connectivity index is 1.74. The summed E-state index contributed by atoms with van der Waals surface area (Å²) in [5, 5.41) is 4.16. The average Bonchev–Trinajstić information content (AvgIpc) is 3.16. The third-order valence-corrected chi connectivity index (χ3v) is 6.85. The quantitative estimate of drug-likeness (QED) is 0.442. The van der Waals surface area contributed by atoms with Crippen molar-refractivity contribution in [1.82, 2.24) is 14.8 Å². The van der Waals surface area contributed by atoms with Crippen LogP contribution in [-0.2, 0) is 20.0 Å². The lowest BCUT2D eigenvalue weighted by atomic mass is 10.3. The molecule has 0 radical (unpaired) electrons. The van der Waals surface area contributed by atoms with Gasteiger partial charge in [-0.05, 0) is 36.4 Å². The van der Waals surface area contributed by atoms with Crippen molar-refractivity contribution in [2.45, 2.75) is 9.79 Å². The maximum absolute atomic E-state index is 12.8. The first-order valence-electron chi connectivity index (χ1n) is 9.03. The van der Waals surface area contributed by atoms with Crippen LogP contribution in [0.5, 0.6) is 0 Å². The molecule has 2 N–H and O–H groups in total. The van der Waals surface area contributed by atoms with E-state index in [1.165, 1.54) is 28.9 Å². The van der Waals surface area contributed by atoms with Gasteiger partial charge in [-0.15, -0.1) is 5.10 Å². The van der Waals surface area contributed by atoms with Crippen molar-refractivity contribution in [2.24, 2.45) is 0 Å². The fourth-order valence-corrected chi connectivity index (χ4v) is 4.69. The maximum Gasteiger partial charge on any atom is 0.264 e. The molecule has 0 unspecified atom stereocenters. The smallest absolute Gasteiger partial charge is 0.247 e. The molecule has 4 rings (SSSR count). The van der Waals surface area contributed by atoms with Gasteiger partial charge in [0, 0.05) is 0 Å². The highest BCUT2D eigenvalue weighted by Gasteiger charge is 2.22. The Morgan fingerprint density at radius 3 is 1.58 bits per heavy atom. The summed E-state index contributed by atoms with van der Waals surface area (Å²) in [4.78, 5) is 4.14. The molecule has 0 aliphatic carbocycles. The fourth-order valence-electron chi connectivity index (χ4n) is 2.73. The number of nitrogens with one attached hydrogen (secondary N) is 2. The molecule has 1 aromatic heterocycles. The molecular weight excluding hydrogens is 438 g/mol. The minimum absolute atomic E-state index is 0.0254. The van der Waals surface area contributed by atoms with Gasteiger partial charge in [-0.1, -0.05) is 54.6 Å². The van der Waals surface area contributed by atoms with Gasteiger partial charge in [0.25, 0.3) is 26.0 Å². The summed E-state index contributed by atoms with van der Waals surface area (Å²) in [6, 6.07) is 24.1. The molecule has 0 bridgehead atoms. The van der Waals surface area contributed by atoms with E-state index in [0.29, 0.717) is 5.69 Å². The predicted octanol–water partition coefficient (Wildman–Crippen LogP) is 2.87. The molecule has 9 nitrogen and oxygen atoms in total. The van der Waals surface area contributed by atoms with Crippen molar-refractivity contribution in [3.8, 4) is 5.69 Å². The highest BCUT2D eigenvalue weighted by molar-refractivity contribution is 7.93. The summed E-state index contributed by atoms with van der Waals surface area (Å²) in [6.07, 6.45) is 0. The van der Waals surface area contributed by atoms with Crippen molar-refractivity contribution < 1.29 is 16.8 Å². The third kappa shape index (κ3) is 4.57. The summed E-state index contributed by atoms with van der Waals surface area (Å²) in [7, 11) is -7.94. The second kappa shape index (κ2) is 8.20. The van der Waals surface area contributed by atoms with Crippen LogP contribution in [0.3, 0.4) is 0 Å². The largest absolute Gasteiger partial charge is 0.264 e. The van der Waals surface area contributed by atoms with Gasteiger partial charge in [-0.2, -0.15) is 9.67 Å². The summed E-state index contributed by atoms with van der Waals surface area (Å²) in [5.41, 5.74) is 0.492. The molecule has 0 saturated heterocycles. The van der Waals surface area contributed by atoms with E-state index in [2.05, 4.69) is 19.5 Å². The number of hydrogen-bond donors (Lipinski definition) is 2. The topological polar surface area (TPSA) is 123 Å². The molecule has 0 aliphatic rings. The highest BCUT2D eigenvalue weighted by atomic mass is 32.2. The SMILES string of the molecule is O=S(=O)(Nc1nc(NS(=O)(=O)c2ccccc2)n(-c2ccccc2)n1)c1ccccc1. The lowest BCUT2D eigenvalue weighted by molar-refractivity contribution is 0.599. The van der Waals surface area contributed by atoms with Crippen molar-refractivity contribution in [2.75, 3.05) is 9.44 Å². The molecule has 3 aromatic carbocycles. The average molecular weight is 456 g/mol. The standard InChI is InChI=1S/C20H17N5O4S2/c26-30(27,17-12-6-2-7-13-17)23-19-21-20(25(22-19)16-10-4-1-5-11-16)24-31(28,29)18-14-8-3-9-15-18/h1-15H,(H2,21,22,23,24). The third-order valence-electron chi connectivity index (χ3n) is 4.17. The molecule has 11 heteroatoms. The predicted molar refractivity (Wildman–Crippen MR) is 116 cm³/mol. The van der Waals surface area contributed by atoms with Gasteiger partial charge in [0.2, 0.25) is 5.95 Å². The highest BCUT2D eigenvalue weighted by Crippen LogP contribution is 2.21. The molecule has 0 atom stereocenters. The van der Waals surface area contributed by atoms with Crippen molar-refractivity contribution in [3.05, 3.63) is 91.0 Å². The van der Waals surface area contributed by atoms with E-state index in [1.807, 2.05) is 0 Å². The van der Waals surface area contributed by atoms with Gasteiger partial charge in [-0.25, -0.2) is 26.3 Å². The Kier molecular flexibility index (Phi) is 5.44. The minimum atomic E-state index is -3.98. The number of anilines is 2. The minimum Gasteiger partial charge on any atom is -0.247 e. The number of para-hydroxylation sites is 1. The Labute approximate surface area is 179 Å². The number of sulfonamides is 2. The van der Waals surface area contributed by atoms with E-state index in [4.69, 9.17) is 0 Å². The van der Waals surface area contributed by atoms with Gasteiger partial charge >= 0.3 is 0 Å². The monoisotopic (exact) mass is 455 g/mol. The van der Waals surface area contributed by atoms with Crippen LogP contribution < -0.4 is 9.44 Å². The number of rotatable bonds is 7.